The molecule has 0 radical (unpaired) electrons. The van der Waals surface area contributed by atoms with Gasteiger partial charge in [0, 0.05) is 19.3 Å². The predicted molar refractivity (Wildman–Crippen MR) is 69.6 cm³/mol. The van der Waals surface area contributed by atoms with Gasteiger partial charge in [-0.05, 0) is 37.4 Å². The molecule has 1 aliphatic rings. The molecule has 2 heterocycles. The van der Waals surface area contributed by atoms with Crippen LogP contribution >= 0.6 is 0 Å². The Morgan fingerprint density at radius 2 is 2.22 bits per heavy atom. The minimum absolute atomic E-state index is 0.0453. The lowest BCUT2D eigenvalue weighted by molar-refractivity contribution is 0.546. The molecule has 1 aromatic rings. The fraction of sp³-hybridized carbons (Fsp3) is 0.545. The molecule has 0 amide bonds. The molecule has 1 atom stereocenters. The third-order valence-electron chi connectivity index (χ3n) is 3.23. The summed E-state index contributed by atoms with van der Waals surface area (Å²) in [6.45, 7) is 2.57. The van der Waals surface area contributed by atoms with E-state index in [0.29, 0.717) is 12.5 Å². The van der Waals surface area contributed by atoms with Crippen molar-refractivity contribution in [1.29, 1.82) is 0 Å². The van der Waals surface area contributed by atoms with E-state index in [0.717, 1.165) is 31.7 Å². The van der Waals surface area contributed by atoms with Gasteiger partial charge < -0.3 is 10.6 Å². The zero-order valence-corrected chi connectivity index (χ0v) is 10.9. The molecule has 1 fully saturated rings. The van der Waals surface area contributed by atoms with Crippen molar-refractivity contribution >= 4 is 15.8 Å². The number of pyridine rings is 1. The molecular weight excluding hydrogens is 252 g/mol. The van der Waals surface area contributed by atoms with E-state index in [-0.39, 0.29) is 4.90 Å². The Labute approximate surface area is 107 Å². The second-order valence-corrected chi connectivity index (χ2v) is 6.14. The van der Waals surface area contributed by atoms with Gasteiger partial charge in [0.15, 0.2) is 0 Å². The van der Waals surface area contributed by atoms with Gasteiger partial charge in [0.05, 0.1) is 0 Å². The number of nitrogens with two attached hydrogens (primary N) is 2. The first-order valence-corrected chi connectivity index (χ1v) is 7.49. The first kappa shape index (κ1) is 13.3. The summed E-state index contributed by atoms with van der Waals surface area (Å²) in [4.78, 5) is 6.35. The van der Waals surface area contributed by atoms with Crippen molar-refractivity contribution in [3.05, 3.63) is 18.3 Å². The van der Waals surface area contributed by atoms with Crippen LogP contribution in [-0.2, 0) is 10.0 Å². The van der Waals surface area contributed by atoms with Crippen molar-refractivity contribution in [2.45, 2.75) is 17.7 Å². The molecule has 1 unspecified atom stereocenters. The van der Waals surface area contributed by atoms with E-state index >= 15 is 0 Å². The highest BCUT2D eigenvalue weighted by Crippen LogP contribution is 2.24. The molecule has 0 saturated carbocycles. The quantitative estimate of drug-likeness (QED) is 0.795. The molecular formula is C11H18N4O2S. The fourth-order valence-corrected chi connectivity index (χ4v) is 2.70. The maximum Gasteiger partial charge on any atom is 0.239 e. The highest BCUT2D eigenvalue weighted by atomic mass is 32.2. The summed E-state index contributed by atoms with van der Waals surface area (Å²) in [6, 6.07) is 3.19. The third-order valence-corrected chi connectivity index (χ3v) is 4.13. The highest BCUT2D eigenvalue weighted by molar-refractivity contribution is 7.89. The van der Waals surface area contributed by atoms with Crippen molar-refractivity contribution in [2.24, 2.45) is 16.8 Å². The molecule has 7 heteroatoms. The maximum absolute atomic E-state index is 11.1. The molecule has 2 rings (SSSR count). The summed E-state index contributed by atoms with van der Waals surface area (Å²) in [6.07, 6.45) is 3.43. The fourth-order valence-electron chi connectivity index (χ4n) is 2.24. The van der Waals surface area contributed by atoms with Crippen LogP contribution in [0.25, 0.3) is 0 Å². The van der Waals surface area contributed by atoms with Gasteiger partial charge in [-0.1, -0.05) is 0 Å². The Kier molecular flexibility index (Phi) is 3.84. The molecule has 4 N–H and O–H groups in total. The number of anilines is 1. The van der Waals surface area contributed by atoms with Crippen LogP contribution in [0.3, 0.4) is 0 Å². The number of nitrogens with zero attached hydrogens (tertiary/aromatic N) is 2. The zero-order valence-electron chi connectivity index (χ0n) is 10.1. The summed E-state index contributed by atoms with van der Waals surface area (Å²) in [7, 11) is -3.66. The van der Waals surface area contributed by atoms with Crippen molar-refractivity contribution < 1.29 is 8.42 Å². The van der Waals surface area contributed by atoms with Crippen LogP contribution in [0, 0.1) is 5.92 Å². The van der Waals surface area contributed by atoms with E-state index in [9.17, 15) is 8.42 Å². The average molecular weight is 270 g/mol. The van der Waals surface area contributed by atoms with Crippen LogP contribution in [0.2, 0.25) is 0 Å². The number of hydrogen-bond acceptors (Lipinski definition) is 5. The lowest BCUT2D eigenvalue weighted by Gasteiger charge is -2.17. The molecule has 18 heavy (non-hydrogen) atoms. The standard InChI is InChI=1S/C11H18N4O2S/c12-5-3-9-4-6-15(8-9)11-2-1-10(7-14-11)18(13,16)17/h1-2,7,9H,3-6,8,12H2,(H2,13,16,17). The van der Waals surface area contributed by atoms with E-state index in [4.69, 9.17) is 10.9 Å². The zero-order chi connectivity index (χ0) is 13.2. The first-order valence-electron chi connectivity index (χ1n) is 5.94. The van der Waals surface area contributed by atoms with E-state index < -0.39 is 10.0 Å². The summed E-state index contributed by atoms with van der Waals surface area (Å²) in [5.41, 5.74) is 5.55. The third kappa shape index (κ3) is 2.98. The lowest BCUT2D eigenvalue weighted by atomic mass is 10.1. The molecule has 1 saturated heterocycles. The van der Waals surface area contributed by atoms with Crippen LogP contribution in [0.5, 0.6) is 0 Å². The van der Waals surface area contributed by atoms with Gasteiger partial charge in [-0.15, -0.1) is 0 Å². The average Bonchev–Trinajstić information content (AvgIpc) is 2.77. The molecule has 6 nitrogen and oxygen atoms in total. The van der Waals surface area contributed by atoms with E-state index in [1.165, 1.54) is 12.3 Å². The number of primary sulfonamides is 1. The van der Waals surface area contributed by atoms with Gasteiger partial charge >= 0.3 is 0 Å². The SMILES string of the molecule is NCCC1CCN(c2ccc(S(N)(=O)=O)cn2)C1. The summed E-state index contributed by atoms with van der Waals surface area (Å²) in [5.74, 6) is 1.40. The monoisotopic (exact) mass is 270 g/mol. The molecule has 1 aliphatic heterocycles. The van der Waals surface area contributed by atoms with Crippen molar-refractivity contribution in [1.82, 2.24) is 4.98 Å². The van der Waals surface area contributed by atoms with E-state index in [1.54, 1.807) is 6.07 Å². The molecule has 1 aromatic heterocycles. The van der Waals surface area contributed by atoms with Crippen LogP contribution in [0.4, 0.5) is 5.82 Å². The molecule has 0 aliphatic carbocycles. The van der Waals surface area contributed by atoms with Gasteiger partial charge in [0.25, 0.3) is 0 Å². The highest BCUT2D eigenvalue weighted by Gasteiger charge is 2.22. The normalized spacial score (nSPS) is 20.3. The van der Waals surface area contributed by atoms with Crippen molar-refractivity contribution in [3.63, 3.8) is 0 Å². The smallest absolute Gasteiger partial charge is 0.239 e. The van der Waals surface area contributed by atoms with Gasteiger partial charge in [0.1, 0.15) is 10.7 Å². The predicted octanol–water partition coefficient (Wildman–Crippen LogP) is -0.0959. The Morgan fingerprint density at radius 3 is 2.78 bits per heavy atom. The summed E-state index contributed by atoms with van der Waals surface area (Å²) in [5, 5.41) is 5.03. The van der Waals surface area contributed by atoms with Gasteiger partial charge in [-0.25, -0.2) is 18.5 Å². The van der Waals surface area contributed by atoms with Crippen LogP contribution in [-0.4, -0.2) is 33.0 Å². The minimum Gasteiger partial charge on any atom is -0.356 e. The van der Waals surface area contributed by atoms with Crippen LogP contribution in [0.15, 0.2) is 23.2 Å². The van der Waals surface area contributed by atoms with Crippen molar-refractivity contribution in [2.75, 3.05) is 24.5 Å². The largest absolute Gasteiger partial charge is 0.356 e. The van der Waals surface area contributed by atoms with Crippen molar-refractivity contribution in [3.8, 4) is 0 Å². The second kappa shape index (κ2) is 5.21. The summed E-state index contributed by atoms with van der Waals surface area (Å²) >= 11 is 0. The Hall–Kier alpha value is -1.18. The number of aromatic nitrogens is 1. The van der Waals surface area contributed by atoms with Gasteiger partial charge in [0.2, 0.25) is 10.0 Å². The van der Waals surface area contributed by atoms with Gasteiger partial charge in [-0.3, -0.25) is 0 Å². The topological polar surface area (TPSA) is 102 Å². The Bertz CT molecular complexity index is 500. The van der Waals surface area contributed by atoms with E-state index in [2.05, 4.69) is 9.88 Å². The maximum atomic E-state index is 11.1. The lowest BCUT2D eigenvalue weighted by Crippen LogP contribution is -2.22. The minimum atomic E-state index is -3.66. The van der Waals surface area contributed by atoms with E-state index in [1.807, 2.05) is 0 Å². The molecule has 100 valence electrons. The van der Waals surface area contributed by atoms with Crippen LogP contribution < -0.4 is 15.8 Å². The summed E-state index contributed by atoms with van der Waals surface area (Å²) < 4.78 is 22.2. The molecule has 0 bridgehead atoms. The number of sulfonamides is 1. The Balaban J connectivity index is 2.07. The number of hydrogen-bond donors (Lipinski definition) is 2. The van der Waals surface area contributed by atoms with Gasteiger partial charge in [-0.2, -0.15) is 0 Å². The molecule has 0 spiro atoms. The number of rotatable bonds is 4. The molecule has 0 aromatic carbocycles. The second-order valence-electron chi connectivity index (χ2n) is 4.58. The Morgan fingerprint density at radius 1 is 1.44 bits per heavy atom. The first-order chi connectivity index (χ1) is 8.50. The van der Waals surface area contributed by atoms with Crippen LogP contribution in [0.1, 0.15) is 12.8 Å².